The number of hydrogen-bond acceptors (Lipinski definition) is 4. The molecule has 0 aromatic carbocycles. The first-order valence-electron chi connectivity index (χ1n) is 2.99. The Labute approximate surface area is 72.1 Å². The van der Waals surface area contributed by atoms with Gasteiger partial charge < -0.3 is 0 Å². The third-order valence-electron chi connectivity index (χ3n) is 1.31. The third-order valence-corrected chi connectivity index (χ3v) is 1.48. The Morgan fingerprint density at radius 2 is 2.17 bits per heavy atom. The minimum absolute atomic E-state index is 0.0602. The topological polar surface area (TPSA) is 84.9 Å². The lowest BCUT2D eigenvalue weighted by atomic mass is 10.2. The van der Waals surface area contributed by atoms with Crippen LogP contribution in [0.25, 0.3) is 0 Å². The van der Waals surface area contributed by atoms with Crippen molar-refractivity contribution in [3.8, 4) is 0 Å². The lowest BCUT2D eigenvalue weighted by molar-refractivity contribution is -0.489. The molecule has 0 N–H and O–H groups in total. The summed E-state index contributed by atoms with van der Waals surface area (Å²) in [5.74, 6) is -0.877. The Bertz CT molecular complexity index is 309. The van der Waals surface area contributed by atoms with Crippen LogP contribution < -0.4 is 0 Å². The molecule has 1 atom stereocenters. The van der Waals surface area contributed by atoms with Gasteiger partial charge in [-0.05, 0) is 18.5 Å². The molecule has 0 aromatic heterocycles. The van der Waals surface area contributed by atoms with E-state index in [2.05, 4.69) is 9.98 Å². The molecule has 0 aliphatic carbocycles. The quantitative estimate of drug-likeness (QED) is 0.336. The predicted octanol–water partition coefficient (Wildman–Crippen LogP) is 0.228. The molecule has 1 aliphatic rings. The summed E-state index contributed by atoms with van der Waals surface area (Å²) in [5.41, 5.74) is 0.0602. The zero-order chi connectivity index (χ0) is 9.30. The molecule has 0 saturated carbocycles. The van der Waals surface area contributed by atoms with Crippen LogP contribution in [0.5, 0.6) is 0 Å². The molecule has 1 rings (SSSR count). The van der Waals surface area contributed by atoms with Crippen LogP contribution in [0.1, 0.15) is 6.92 Å². The van der Waals surface area contributed by atoms with E-state index in [0.29, 0.717) is 0 Å². The monoisotopic (exact) mass is 189 g/mol. The second-order valence-electron chi connectivity index (χ2n) is 2.16. The molecule has 0 aromatic rings. The van der Waals surface area contributed by atoms with Crippen molar-refractivity contribution in [2.45, 2.75) is 13.0 Å². The first-order valence-corrected chi connectivity index (χ1v) is 3.37. The summed E-state index contributed by atoms with van der Waals surface area (Å²) >= 11 is 5.30. The molecule has 12 heavy (non-hydrogen) atoms. The second-order valence-corrected chi connectivity index (χ2v) is 2.50. The Balaban J connectivity index is 3.03. The molecule has 6 nitrogen and oxygen atoms in total. The Hall–Kier alpha value is -1.30. The van der Waals surface area contributed by atoms with Gasteiger partial charge in [0.15, 0.2) is 0 Å². The average Bonchev–Trinajstić information content (AvgIpc) is 1.82. The van der Waals surface area contributed by atoms with E-state index in [-0.39, 0.29) is 11.0 Å². The van der Waals surface area contributed by atoms with Crippen molar-refractivity contribution in [2.24, 2.45) is 9.98 Å². The summed E-state index contributed by atoms with van der Waals surface area (Å²) in [4.78, 5) is 27.0. The largest absolute Gasteiger partial charge is 0.329 e. The van der Waals surface area contributed by atoms with Gasteiger partial charge in [-0.3, -0.25) is 14.9 Å². The van der Waals surface area contributed by atoms with Gasteiger partial charge in [0.2, 0.25) is 5.29 Å². The van der Waals surface area contributed by atoms with E-state index in [9.17, 15) is 14.9 Å². The number of carbonyl (C=O) groups excluding carboxylic acids is 1. The van der Waals surface area contributed by atoms with E-state index < -0.39 is 16.9 Å². The van der Waals surface area contributed by atoms with Crippen LogP contribution in [0.2, 0.25) is 0 Å². The van der Waals surface area contributed by atoms with Crippen LogP contribution in [0.3, 0.4) is 0 Å². The molecule has 64 valence electrons. The highest BCUT2D eigenvalue weighted by molar-refractivity contribution is 6.67. The molecule has 1 unspecified atom stereocenters. The van der Waals surface area contributed by atoms with Crippen molar-refractivity contribution in [1.82, 2.24) is 0 Å². The van der Waals surface area contributed by atoms with Gasteiger partial charge in [-0.15, -0.1) is 0 Å². The molecule has 0 spiro atoms. The van der Waals surface area contributed by atoms with Crippen LogP contribution in [0, 0.1) is 10.1 Å². The highest BCUT2D eigenvalue weighted by atomic mass is 35.5. The fourth-order valence-corrected chi connectivity index (χ4v) is 1.02. The summed E-state index contributed by atoms with van der Waals surface area (Å²) in [6, 6.07) is -1.47. The molecule has 0 fully saturated rings. The van der Waals surface area contributed by atoms with Gasteiger partial charge in [-0.2, -0.15) is 4.99 Å². The first-order chi connectivity index (χ1) is 5.52. The second kappa shape index (κ2) is 2.98. The fraction of sp³-hybridized carbons (Fsp3) is 0.400. The number of rotatable bonds is 1. The van der Waals surface area contributed by atoms with E-state index in [1.165, 1.54) is 6.92 Å². The lowest BCUT2D eigenvalue weighted by Crippen LogP contribution is -2.38. The van der Waals surface area contributed by atoms with E-state index in [4.69, 9.17) is 11.6 Å². The molecule has 1 heterocycles. The third kappa shape index (κ3) is 1.48. The van der Waals surface area contributed by atoms with E-state index in [0.717, 1.165) is 0 Å². The molecule has 7 heteroatoms. The Kier molecular flexibility index (Phi) is 2.18. The van der Waals surface area contributed by atoms with E-state index in [1.807, 2.05) is 0 Å². The number of nitrogens with zero attached hydrogens (tertiary/aromatic N) is 3. The summed E-state index contributed by atoms with van der Waals surface area (Å²) in [5, 5.41) is 10.0. The number of amidine groups is 1. The molecular formula is C5H4ClN3O3. The maximum Gasteiger partial charge on any atom is 0.329 e. The van der Waals surface area contributed by atoms with Crippen molar-refractivity contribution in [3.63, 3.8) is 0 Å². The van der Waals surface area contributed by atoms with Gasteiger partial charge in [0.05, 0.1) is 0 Å². The standard InChI is InChI=1S/C5H4ClN3O3/c1-2-3(9(11)12)4(10)8-5(6)7-2/h3H,1H3. The maximum atomic E-state index is 10.9. The van der Waals surface area contributed by atoms with E-state index >= 15 is 0 Å². The average molecular weight is 190 g/mol. The van der Waals surface area contributed by atoms with Gasteiger partial charge in [-0.25, -0.2) is 4.99 Å². The molecular weight excluding hydrogens is 186 g/mol. The SMILES string of the molecule is CC1=NC(Cl)=NC(=O)C1[N+](=O)[O-]. The van der Waals surface area contributed by atoms with Crippen LogP contribution in [0.15, 0.2) is 9.98 Å². The summed E-state index contributed by atoms with van der Waals surface area (Å²) in [6.07, 6.45) is 0. The fourth-order valence-electron chi connectivity index (χ4n) is 0.805. The van der Waals surface area contributed by atoms with Crippen molar-refractivity contribution in [1.29, 1.82) is 0 Å². The summed E-state index contributed by atoms with van der Waals surface area (Å²) in [6.45, 7) is 1.36. The number of amides is 1. The highest BCUT2D eigenvalue weighted by Crippen LogP contribution is 2.06. The van der Waals surface area contributed by atoms with Crippen molar-refractivity contribution < 1.29 is 9.72 Å². The van der Waals surface area contributed by atoms with Crippen LogP contribution in [-0.2, 0) is 4.79 Å². The lowest BCUT2D eigenvalue weighted by Gasteiger charge is -2.08. The summed E-state index contributed by atoms with van der Waals surface area (Å²) < 4.78 is 0. The maximum absolute atomic E-state index is 10.9. The number of hydrogen-bond donors (Lipinski definition) is 0. The Morgan fingerprint density at radius 1 is 1.58 bits per heavy atom. The van der Waals surface area contributed by atoms with Gasteiger partial charge in [0.25, 0.3) is 0 Å². The number of halogens is 1. The predicted molar refractivity (Wildman–Crippen MR) is 42.2 cm³/mol. The number of nitro groups is 1. The molecule has 0 radical (unpaired) electrons. The minimum Gasteiger partial charge on any atom is -0.264 e. The van der Waals surface area contributed by atoms with Crippen LogP contribution in [-0.4, -0.2) is 27.9 Å². The molecule has 1 amide bonds. The molecule has 0 saturated heterocycles. The zero-order valence-corrected chi connectivity index (χ0v) is 6.78. The van der Waals surface area contributed by atoms with Crippen LogP contribution >= 0.6 is 11.6 Å². The highest BCUT2D eigenvalue weighted by Gasteiger charge is 2.35. The van der Waals surface area contributed by atoms with Gasteiger partial charge >= 0.3 is 11.9 Å². The molecule has 0 bridgehead atoms. The first kappa shape index (κ1) is 8.79. The van der Waals surface area contributed by atoms with Gasteiger partial charge in [-0.1, -0.05) is 0 Å². The minimum atomic E-state index is -1.47. The van der Waals surface area contributed by atoms with Crippen molar-refractivity contribution in [3.05, 3.63) is 10.1 Å². The number of carbonyl (C=O) groups is 1. The smallest absolute Gasteiger partial charge is 0.264 e. The number of aliphatic imine (C=N–C) groups is 2. The Morgan fingerprint density at radius 3 is 2.58 bits per heavy atom. The van der Waals surface area contributed by atoms with Gasteiger partial charge in [0.1, 0.15) is 5.71 Å². The molecule has 1 aliphatic heterocycles. The van der Waals surface area contributed by atoms with Crippen molar-refractivity contribution >= 4 is 28.5 Å². The zero-order valence-electron chi connectivity index (χ0n) is 6.02. The normalized spacial score (nSPS) is 23.2. The van der Waals surface area contributed by atoms with Crippen LogP contribution in [0.4, 0.5) is 0 Å². The van der Waals surface area contributed by atoms with Gasteiger partial charge in [0, 0.05) is 4.92 Å². The van der Waals surface area contributed by atoms with E-state index in [1.54, 1.807) is 0 Å². The van der Waals surface area contributed by atoms with Crippen molar-refractivity contribution in [2.75, 3.05) is 0 Å². The summed E-state index contributed by atoms with van der Waals surface area (Å²) in [7, 11) is 0.